The van der Waals surface area contributed by atoms with Gasteiger partial charge in [-0.1, -0.05) is 0 Å². The number of benzene rings is 2. The smallest absolute Gasteiger partial charge is 0.271 e. The highest BCUT2D eigenvalue weighted by molar-refractivity contribution is 6.06. The molecule has 0 spiro atoms. The van der Waals surface area contributed by atoms with Gasteiger partial charge in [0.2, 0.25) is 0 Å². The lowest BCUT2D eigenvalue weighted by molar-refractivity contribution is 0.102. The second-order valence-electron chi connectivity index (χ2n) is 8.32. The van der Waals surface area contributed by atoms with Gasteiger partial charge in [-0.25, -0.2) is 13.2 Å². The van der Waals surface area contributed by atoms with Crippen LogP contribution in [0.2, 0.25) is 0 Å². The van der Waals surface area contributed by atoms with Gasteiger partial charge in [-0.2, -0.15) is 5.10 Å². The molecule has 0 unspecified atom stereocenters. The van der Waals surface area contributed by atoms with Crippen molar-refractivity contribution in [2.45, 2.75) is 6.92 Å². The number of nitrogens with one attached hydrogen (secondary N) is 2. The van der Waals surface area contributed by atoms with Gasteiger partial charge in [0.05, 0.1) is 18.5 Å². The number of anilines is 1. The predicted octanol–water partition coefficient (Wildman–Crippen LogP) is 5.48. The van der Waals surface area contributed by atoms with Crippen molar-refractivity contribution in [1.29, 1.82) is 0 Å². The lowest BCUT2D eigenvalue weighted by atomic mass is 10.1. The van der Waals surface area contributed by atoms with Crippen molar-refractivity contribution in [2.24, 2.45) is 0 Å². The SMILES string of the molecule is CCOc1ccn(-c2ccc(F)cc2)c(=O)c1C(=O)Nc1cc(F)c(Oc2ccncc2-c2cn[nH]c2)cc1F. The van der Waals surface area contributed by atoms with E-state index in [2.05, 4.69) is 20.5 Å². The monoisotopic (exact) mass is 547 g/mol. The molecular formula is C28H20F3N5O4. The van der Waals surface area contributed by atoms with Gasteiger partial charge < -0.3 is 14.8 Å². The summed E-state index contributed by atoms with van der Waals surface area (Å²) < 4.78 is 55.7. The lowest BCUT2D eigenvalue weighted by Crippen LogP contribution is -2.29. The van der Waals surface area contributed by atoms with Gasteiger partial charge in [0, 0.05) is 53.7 Å². The molecule has 202 valence electrons. The fourth-order valence-corrected chi connectivity index (χ4v) is 3.90. The van der Waals surface area contributed by atoms with Crippen LogP contribution in [0.25, 0.3) is 16.8 Å². The standard InChI is InChI=1S/C28H20F3N5O4/c1-2-39-24-8-10-36(18-5-3-17(29)4-6-18)28(38)26(24)27(37)35-22-11-21(31)25(12-20(22)30)40-23-7-9-32-15-19(23)16-13-33-34-14-16/h3-15H,2H2,1H3,(H,33,34)(H,35,37). The number of aromatic amines is 1. The summed E-state index contributed by atoms with van der Waals surface area (Å²) >= 11 is 0. The molecule has 12 heteroatoms. The zero-order valence-corrected chi connectivity index (χ0v) is 20.8. The highest BCUT2D eigenvalue weighted by Crippen LogP contribution is 2.35. The third-order valence-electron chi connectivity index (χ3n) is 5.77. The number of rotatable bonds is 8. The first-order valence-electron chi connectivity index (χ1n) is 11.9. The molecule has 0 radical (unpaired) electrons. The number of carbonyl (C=O) groups is 1. The maximum absolute atomic E-state index is 15.1. The first kappa shape index (κ1) is 26.2. The van der Waals surface area contributed by atoms with E-state index in [1.807, 2.05) is 0 Å². The molecule has 0 fully saturated rings. The van der Waals surface area contributed by atoms with Gasteiger partial charge in [0.25, 0.3) is 11.5 Å². The van der Waals surface area contributed by atoms with Crippen LogP contribution in [0.15, 0.2) is 84.3 Å². The summed E-state index contributed by atoms with van der Waals surface area (Å²) in [4.78, 5) is 30.5. The lowest BCUT2D eigenvalue weighted by Gasteiger charge is -2.15. The van der Waals surface area contributed by atoms with Crippen molar-refractivity contribution in [2.75, 3.05) is 11.9 Å². The number of H-pyrrole nitrogens is 1. The van der Waals surface area contributed by atoms with Gasteiger partial charge in [0.1, 0.15) is 22.9 Å². The number of halogens is 3. The minimum Gasteiger partial charge on any atom is -0.493 e. The third kappa shape index (κ3) is 5.27. The summed E-state index contributed by atoms with van der Waals surface area (Å²) in [6.45, 7) is 1.78. The Morgan fingerprint density at radius 3 is 2.52 bits per heavy atom. The van der Waals surface area contributed by atoms with Crippen LogP contribution >= 0.6 is 0 Å². The second kappa shape index (κ2) is 11.2. The summed E-state index contributed by atoms with van der Waals surface area (Å²) in [7, 11) is 0. The average Bonchev–Trinajstić information content (AvgIpc) is 3.48. The second-order valence-corrected chi connectivity index (χ2v) is 8.32. The van der Waals surface area contributed by atoms with E-state index in [1.54, 1.807) is 13.1 Å². The Balaban J connectivity index is 1.45. The van der Waals surface area contributed by atoms with Crippen LogP contribution < -0.4 is 20.3 Å². The van der Waals surface area contributed by atoms with Gasteiger partial charge in [-0.15, -0.1) is 0 Å². The molecule has 0 aliphatic heterocycles. The molecule has 0 bridgehead atoms. The molecule has 0 aliphatic rings. The predicted molar refractivity (Wildman–Crippen MR) is 139 cm³/mol. The number of nitrogens with zero attached hydrogens (tertiary/aromatic N) is 3. The zero-order valence-electron chi connectivity index (χ0n) is 20.8. The van der Waals surface area contributed by atoms with E-state index >= 15 is 8.78 Å². The Morgan fingerprint density at radius 1 is 1.00 bits per heavy atom. The molecule has 0 aliphatic carbocycles. The van der Waals surface area contributed by atoms with E-state index in [1.165, 1.54) is 49.1 Å². The number of aromatic nitrogens is 4. The Hall–Kier alpha value is -5.39. The van der Waals surface area contributed by atoms with Crippen molar-refractivity contribution < 1.29 is 27.4 Å². The molecule has 3 heterocycles. The normalized spacial score (nSPS) is 10.8. The van der Waals surface area contributed by atoms with Crippen LogP contribution in [-0.2, 0) is 0 Å². The summed E-state index contributed by atoms with van der Waals surface area (Å²) in [6.07, 6.45) is 7.38. The number of hydrogen-bond donors (Lipinski definition) is 2. The Labute approximate surface area is 224 Å². The fourth-order valence-electron chi connectivity index (χ4n) is 3.90. The number of pyridine rings is 2. The van der Waals surface area contributed by atoms with Gasteiger partial charge in [0.15, 0.2) is 17.4 Å². The molecule has 1 amide bonds. The molecule has 3 aromatic heterocycles. The maximum Gasteiger partial charge on any atom is 0.271 e. The largest absolute Gasteiger partial charge is 0.493 e. The first-order chi connectivity index (χ1) is 19.4. The number of amides is 1. The van der Waals surface area contributed by atoms with Crippen molar-refractivity contribution in [3.8, 4) is 34.1 Å². The van der Waals surface area contributed by atoms with Gasteiger partial charge >= 0.3 is 0 Å². The number of hydrogen-bond acceptors (Lipinski definition) is 6. The Kier molecular flexibility index (Phi) is 7.31. The third-order valence-corrected chi connectivity index (χ3v) is 5.77. The summed E-state index contributed by atoms with van der Waals surface area (Å²) in [6, 6.07) is 9.39. The van der Waals surface area contributed by atoms with E-state index in [0.717, 1.165) is 28.8 Å². The van der Waals surface area contributed by atoms with Gasteiger partial charge in [-0.3, -0.25) is 24.2 Å². The molecule has 0 saturated carbocycles. The van der Waals surface area contributed by atoms with Gasteiger partial charge in [-0.05, 0) is 43.3 Å². The maximum atomic E-state index is 15.1. The van der Waals surface area contributed by atoms with Crippen LogP contribution in [0.5, 0.6) is 17.2 Å². The van der Waals surface area contributed by atoms with Crippen molar-refractivity contribution in [3.63, 3.8) is 0 Å². The van der Waals surface area contributed by atoms with Crippen LogP contribution in [0, 0.1) is 17.5 Å². The molecular weight excluding hydrogens is 527 g/mol. The molecule has 0 atom stereocenters. The van der Waals surface area contributed by atoms with E-state index in [4.69, 9.17) is 9.47 Å². The van der Waals surface area contributed by atoms with Crippen LogP contribution in [0.3, 0.4) is 0 Å². The highest BCUT2D eigenvalue weighted by atomic mass is 19.1. The zero-order chi connectivity index (χ0) is 28.2. The molecule has 0 saturated heterocycles. The average molecular weight is 547 g/mol. The van der Waals surface area contributed by atoms with Crippen LogP contribution in [0.1, 0.15) is 17.3 Å². The summed E-state index contributed by atoms with van der Waals surface area (Å²) in [5, 5.41) is 8.75. The van der Waals surface area contributed by atoms with E-state index in [-0.39, 0.29) is 23.8 Å². The molecule has 2 N–H and O–H groups in total. The topological polar surface area (TPSA) is 111 Å². The Bertz CT molecular complexity index is 1740. The van der Waals surface area contributed by atoms with E-state index in [9.17, 15) is 14.0 Å². The minimum atomic E-state index is -1.03. The molecule has 2 aromatic carbocycles. The molecule has 9 nitrogen and oxygen atoms in total. The van der Waals surface area contributed by atoms with E-state index in [0.29, 0.717) is 11.1 Å². The van der Waals surface area contributed by atoms with Crippen molar-refractivity contribution >= 4 is 11.6 Å². The van der Waals surface area contributed by atoms with E-state index < -0.39 is 45.9 Å². The number of ether oxygens (including phenoxy) is 2. The van der Waals surface area contributed by atoms with Crippen molar-refractivity contribution in [3.05, 3.63) is 113 Å². The van der Waals surface area contributed by atoms with Crippen LogP contribution in [0.4, 0.5) is 18.9 Å². The Morgan fingerprint density at radius 2 is 1.80 bits per heavy atom. The summed E-state index contributed by atoms with van der Waals surface area (Å²) in [5.41, 5.74) is -0.395. The number of carbonyl (C=O) groups excluding carboxylic acids is 1. The quantitative estimate of drug-likeness (QED) is 0.266. The molecule has 5 rings (SSSR count). The molecule has 5 aromatic rings. The van der Waals surface area contributed by atoms with Crippen molar-refractivity contribution in [1.82, 2.24) is 19.7 Å². The minimum absolute atomic E-state index is 0.0614. The molecule has 40 heavy (non-hydrogen) atoms. The summed E-state index contributed by atoms with van der Waals surface area (Å²) in [5.74, 6) is -3.85. The first-order valence-corrected chi connectivity index (χ1v) is 11.9. The van der Waals surface area contributed by atoms with Crippen LogP contribution in [-0.4, -0.2) is 32.3 Å². The fraction of sp³-hybridized carbons (Fsp3) is 0.0714. The highest BCUT2D eigenvalue weighted by Gasteiger charge is 2.23.